The monoisotopic (exact) mass is 720 g/mol. The molecule has 6 rings (SSSR count). The Morgan fingerprint density at radius 2 is 1.51 bits per heavy atom. The number of halogens is 1. The first-order valence-electron chi connectivity index (χ1n) is 18.9. The maximum atomic E-state index is 13.1. The molecule has 2 aliphatic carbocycles. The first-order valence-corrected chi connectivity index (χ1v) is 20.1. The summed E-state index contributed by atoms with van der Waals surface area (Å²) in [6, 6.07) is 17.2. The number of hydrogen-bond acceptors (Lipinski definition) is 7. The van der Waals surface area contributed by atoms with E-state index >= 15 is 0 Å². The van der Waals surface area contributed by atoms with Gasteiger partial charge in [0.1, 0.15) is 30.0 Å². The molecule has 1 amide bonds. The van der Waals surface area contributed by atoms with Crippen LogP contribution in [0, 0.1) is 11.7 Å². The zero-order valence-electron chi connectivity index (χ0n) is 31.0. The molecule has 2 saturated carbocycles. The van der Waals surface area contributed by atoms with Gasteiger partial charge in [0.05, 0.1) is 23.4 Å². The highest BCUT2D eigenvalue weighted by Crippen LogP contribution is 2.31. The molecular weight excluding hydrogens is 664 g/mol. The van der Waals surface area contributed by atoms with Crippen LogP contribution in [0.1, 0.15) is 131 Å². The van der Waals surface area contributed by atoms with Crippen molar-refractivity contribution in [2.24, 2.45) is 5.92 Å². The van der Waals surface area contributed by atoms with E-state index in [0.29, 0.717) is 17.9 Å². The molecule has 1 N–H and O–H groups in total. The standard InChI is InChI=1S/C27H35NO3.C12H14FNO2S.C3H8/c1-20-12-14-22(15-13-20)28-27(29)25-17-16-24(30-19-21-8-4-2-5-9-21)18-26(25)31-23-10-6-3-7-11-23;1-8(15)11-6-9(13)7-14-12(11)16-10-2-4-17-5-3-10;1-3-2/h2,4-5,8-9,16-18,20,22-23H,3,6-7,10-15,19H2,1H3,(H,28,29);6-7,10H,2-5H2,1H3;3H2,1-2H3. The molecule has 0 atom stereocenters. The number of rotatable bonds is 10. The van der Waals surface area contributed by atoms with Gasteiger partial charge in [0.15, 0.2) is 5.78 Å². The highest BCUT2D eigenvalue weighted by molar-refractivity contribution is 7.99. The number of hydrogen-bond donors (Lipinski definition) is 1. The molecule has 51 heavy (non-hydrogen) atoms. The van der Waals surface area contributed by atoms with Gasteiger partial charge in [-0.3, -0.25) is 9.59 Å². The molecule has 1 aromatic heterocycles. The van der Waals surface area contributed by atoms with Crippen molar-refractivity contribution in [3.8, 4) is 17.4 Å². The maximum absolute atomic E-state index is 13.1. The minimum absolute atomic E-state index is 0.0278. The number of thioether (sulfide) groups is 1. The molecule has 0 radical (unpaired) electrons. The number of ether oxygens (including phenoxy) is 3. The largest absolute Gasteiger partial charge is 0.489 e. The van der Waals surface area contributed by atoms with Crippen LogP contribution in [-0.4, -0.2) is 46.4 Å². The summed E-state index contributed by atoms with van der Waals surface area (Å²) in [6.07, 6.45) is 14.7. The average molecular weight is 721 g/mol. The van der Waals surface area contributed by atoms with Crippen LogP contribution in [0.15, 0.2) is 60.8 Å². The van der Waals surface area contributed by atoms with Crippen LogP contribution in [-0.2, 0) is 6.61 Å². The summed E-state index contributed by atoms with van der Waals surface area (Å²) in [7, 11) is 0. The number of nitrogens with zero attached hydrogens (tertiary/aromatic N) is 1. The van der Waals surface area contributed by atoms with Gasteiger partial charge in [0.25, 0.3) is 5.91 Å². The van der Waals surface area contributed by atoms with Gasteiger partial charge in [0.2, 0.25) is 5.88 Å². The second-order valence-electron chi connectivity index (χ2n) is 13.9. The minimum Gasteiger partial charge on any atom is -0.489 e. The molecule has 3 aliphatic rings. The Labute approximate surface area is 308 Å². The van der Waals surface area contributed by atoms with Gasteiger partial charge in [0, 0.05) is 12.1 Å². The molecule has 0 unspecified atom stereocenters. The molecule has 2 aromatic carbocycles. The number of nitrogens with one attached hydrogen (secondary N) is 1. The third kappa shape index (κ3) is 13.8. The van der Waals surface area contributed by atoms with E-state index < -0.39 is 5.82 Å². The molecule has 0 bridgehead atoms. The SMILES string of the molecule is CC(=O)c1cc(F)cnc1OC1CCSCC1.CC1CCC(NC(=O)c2ccc(OCc3ccccc3)cc2OC2CCCCC2)CC1.CCC. The van der Waals surface area contributed by atoms with Crippen LogP contribution >= 0.6 is 11.8 Å². The fourth-order valence-corrected chi connectivity index (χ4v) is 7.44. The van der Waals surface area contributed by atoms with Crippen molar-refractivity contribution in [1.82, 2.24) is 10.3 Å². The second kappa shape index (κ2) is 21.7. The van der Waals surface area contributed by atoms with Gasteiger partial charge in [-0.2, -0.15) is 11.8 Å². The second-order valence-corrected chi connectivity index (χ2v) is 15.2. The van der Waals surface area contributed by atoms with Gasteiger partial charge in [-0.25, -0.2) is 9.37 Å². The predicted molar refractivity (Wildman–Crippen MR) is 205 cm³/mol. The van der Waals surface area contributed by atoms with Crippen LogP contribution < -0.4 is 19.5 Å². The Balaban J connectivity index is 0.000000245. The lowest BCUT2D eigenvalue weighted by atomic mass is 9.87. The Bertz CT molecular complexity index is 1490. The summed E-state index contributed by atoms with van der Waals surface area (Å²) in [5.41, 5.74) is 1.96. The first kappa shape index (κ1) is 40.2. The van der Waals surface area contributed by atoms with E-state index in [2.05, 4.69) is 31.1 Å². The third-order valence-corrected chi connectivity index (χ3v) is 10.3. The summed E-state index contributed by atoms with van der Waals surface area (Å²) in [5.74, 6) is 3.76. The highest BCUT2D eigenvalue weighted by Gasteiger charge is 2.24. The van der Waals surface area contributed by atoms with Crippen molar-refractivity contribution in [1.29, 1.82) is 0 Å². The van der Waals surface area contributed by atoms with Crippen LogP contribution in [0.3, 0.4) is 0 Å². The Morgan fingerprint density at radius 1 is 0.843 bits per heavy atom. The first-order chi connectivity index (χ1) is 24.7. The van der Waals surface area contributed by atoms with Crippen LogP contribution in [0.5, 0.6) is 17.4 Å². The van der Waals surface area contributed by atoms with Crippen molar-refractivity contribution in [3.05, 3.63) is 83.3 Å². The number of Topliss-reactive ketones (excluding diaryl/α,β-unsaturated/α-hetero) is 1. The molecule has 2 heterocycles. The van der Waals surface area contributed by atoms with E-state index in [0.717, 1.165) is 73.5 Å². The lowest BCUT2D eigenvalue weighted by Crippen LogP contribution is -2.37. The molecular formula is C42H57FN2O5S. The lowest BCUT2D eigenvalue weighted by molar-refractivity contribution is 0.0910. The van der Waals surface area contributed by atoms with Crippen LogP contribution in [0.25, 0.3) is 0 Å². The van der Waals surface area contributed by atoms with Crippen molar-refractivity contribution in [2.75, 3.05) is 11.5 Å². The van der Waals surface area contributed by atoms with Crippen molar-refractivity contribution in [2.45, 2.75) is 130 Å². The smallest absolute Gasteiger partial charge is 0.255 e. The highest BCUT2D eigenvalue weighted by atomic mass is 32.2. The van der Waals surface area contributed by atoms with E-state index in [1.807, 2.05) is 60.3 Å². The van der Waals surface area contributed by atoms with Gasteiger partial charge in [-0.15, -0.1) is 0 Å². The molecule has 1 aliphatic heterocycles. The average Bonchev–Trinajstić information content (AvgIpc) is 3.14. The quantitative estimate of drug-likeness (QED) is 0.209. The molecule has 3 fully saturated rings. The molecule has 278 valence electrons. The lowest BCUT2D eigenvalue weighted by Gasteiger charge is -2.28. The zero-order valence-corrected chi connectivity index (χ0v) is 31.8. The Kier molecular flexibility index (Phi) is 17.1. The topological polar surface area (TPSA) is 86.8 Å². The molecule has 1 saturated heterocycles. The van der Waals surface area contributed by atoms with Crippen molar-refractivity contribution < 1.29 is 28.2 Å². The van der Waals surface area contributed by atoms with E-state index in [-0.39, 0.29) is 41.4 Å². The third-order valence-electron chi connectivity index (χ3n) is 9.29. The maximum Gasteiger partial charge on any atom is 0.255 e. The predicted octanol–water partition coefficient (Wildman–Crippen LogP) is 10.4. The number of benzene rings is 2. The number of amides is 1. The summed E-state index contributed by atoms with van der Waals surface area (Å²) in [5, 5.41) is 3.25. The molecule has 3 aromatic rings. The molecule has 0 spiro atoms. The van der Waals surface area contributed by atoms with Crippen molar-refractivity contribution in [3.63, 3.8) is 0 Å². The number of carbonyl (C=O) groups excluding carboxylic acids is 2. The number of aromatic nitrogens is 1. The van der Waals surface area contributed by atoms with E-state index in [1.165, 1.54) is 51.5 Å². The van der Waals surface area contributed by atoms with Gasteiger partial charge in [-0.1, -0.05) is 63.9 Å². The zero-order chi connectivity index (χ0) is 36.4. The van der Waals surface area contributed by atoms with Gasteiger partial charge < -0.3 is 19.5 Å². The van der Waals surface area contributed by atoms with Gasteiger partial charge >= 0.3 is 0 Å². The van der Waals surface area contributed by atoms with E-state index in [4.69, 9.17) is 14.2 Å². The fraction of sp³-hybridized carbons (Fsp3) is 0.548. The number of carbonyl (C=O) groups is 2. The summed E-state index contributed by atoms with van der Waals surface area (Å²) in [6.45, 7) is 8.43. The Hall–Kier alpha value is -3.59. The van der Waals surface area contributed by atoms with Crippen LogP contribution in [0.4, 0.5) is 4.39 Å². The number of pyridine rings is 1. The minimum atomic E-state index is -0.512. The summed E-state index contributed by atoms with van der Waals surface area (Å²) >= 11 is 1.89. The summed E-state index contributed by atoms with van der Waals surface area (Å²) in [4.78, 5) is 28.4. The number of ketones is 1. The normalized spacial score (nSPS) is 19.3. The molecule has 9 heteroatoms. The fourth-order valence-electron chi connectivity index (χ4n) is 6.37. The molecule has 7 nitrogen and oxygen atoms in total. The van der Waals surface area contributed by atoms with Crippen molar-refractivity contribution >= 4 is 23.5 Å². The van der Waals surface area contributed by atoms with Gasteiger partial charge in [-0.05, 0) is 112 Å². The van der Waals surface area contributed by atoms with E-state index in [1.54, 1.807) is 0 Å². The Morgan fingerprint density at radius 3 is 2.18 bits per heavy atom. The summed E-state index contributed by atoms with van der Waals surface area (Å²) < 4.78 is 31.1. The van der Waals surface area contributed by atoms with Crippen LogP contribution in [0.2, 0.25) is 0 Å². The van der Waals surface area contributed by atoms with E-state index in [9.17, 15) is 14.0 Å².